The molecule has 266 valence electrons. The van der Waals surface area contributed by atoms with E-state index in [1.807, 2.05) is 0 Å². The Kier molecular flexibility index (Phi) is 12.5. The molecule has 1 aliphatic heterocycles. The summed E-state index contributed by atoms with van der Waals surface area (Å²) in [5, 5.41) is 3.67. The second-order valence-electron chi connectivity index (χ2n) is 10.5. The van der Waals surface area contributed by atoms with Crippen molar-refractivity contribution in [2.24, 2.45) is 5.11 Å². The number of phosphoric ester groups is 1. The van der Waals surface area contributed by atoms with Gasteiger partial charge in [0.1, 0.15) is 17.7 Å². The fourth-order valence-electron chi connectivity index (χ4n) is 4.62. The van der Waals surface area contributed by atoms with Gasteiger partial charge in [0.05, 0.1) is 67.5 Å². The summed E-state index contributed by atoms with van der Waals surface area (Å²) in [5.41, 5.74) is 7.95. The molecule has 1 saturated heterocycles. The van der Waals surface area contributed by atoms with Gasteiger partial charge in [-0.15, -0.1) is 0 Å². The van der Waals surface area contributed by atoms with Gasteiger partial charge in [-0.2, -0.15) is 0 Å². The lowest BCUT2D eigenvalue weighted by molar-refractivity contribution is -0.0299. The Balaban J connectivity index is 1.49. The molecule has 0 bridgehead atoms. The van der Waals surface area contributed by atoms with Crippen molar-refractivity contribution < 1.29 is 49.2 Å². The Morgan fingerprint density at radius 3 is 1.90 bits per heavy atom. The van der Waals surface area contributed by atoms with Crippen LogP contribution in [0, 0.1) is 6.92 Å². The molecule has 1 aromatic heterocycles. The summed E-state index contributed by atoms with van der Waals surface area (Å²) in [6, 6.07) is 10.1. The molecule has 21 heteroatoms. The van der Waals surface area contributed by atoms with Gasteiger partial charge in [0.25, 0.3) is 5.56 Å². The number of nitrogens with zero attached hydrogens (tertiary/aromatic N) is 4. The van der Waals surface area contributed by atoms with Crippen LogP contribution in [0.4, 0.5) is 0 Å². The van der Waals surface area contributed by atoms with Crippen LogP contribution in [0.15, 0.2) is 79.2 Å². The fraction of sp³-hybridized carbons (Fsp3) is 0.429. The number of hydrogen-bond acceptors (Lipinski definition) is 14. The predicted molar refractivity (Wildman–Crippen MR) is 173 cm³/mol. The molecular weight excluding hydrogens is 709 g/mol. The van der Waals surface area contributed by atoms with Gasteiger partial charge in [0, 0.05) is 23.1 Å². The summed E-state index contributed by atoms with van der Waals surface area (Å²) < 4.78 is 98.6. The number of hydrogen-bond donors (Lipinski definition) is 1. The Bertz CT molecular complexity index is 1960. The standard InChI is InChI=1S/C28H34N5O13PS2/c1-19-17-33(28(35)30-27(19)34)26-16-24(31-32-29)25(46-26)18-45-47(36,43-12-14-48(37,38)22-8-4-20(41-2)5-9-22)44-13-15-49(39,40)23-10-6-21(42-3)7-11-23/h4-11,17,24-26H,12-16,18H2,1-3H3,(H,30,34,35)/t24-,25+,26+/m0/s1. The van der Waals surface area contributed by atoms with Crippen molar-refractivity contribution in [1.82, 2.24) is 9.55 Å². The number of H-pyrrole nitrogens is 1. The van der Waals surface area contributed by atoms with Crippen LogP contribution in [0.1, 0.15) is 18.2 Å². The molecule has 0 radical (unpaired) electrons. The maximum absolute atomic E-state index is 13.8. The SMILES string of the molecule is COc1ccc(S(=O)(=O)CCOP(=O)(OCCS(=O)(=O)c2ccc(OC)cc2)OC[C@H]2O[C@@H](n3cc(C)c(=O)[nH]c3=O)C[C@@H]2N=[N+]=[N-])cc1. The largest absolute Gasteiger partial charge is 0.497 e. The lowest BCUT2D eigenvalue weighted by Crippen LogP contribution is -2.33. The molecule has 2 heterocycles. The Morgan fingerprint density at radius 2 is 1.43 bits per heavy atom. The van der Waals surface area contributed by atoms with E-state index in [1.54, 1.807) is 0 Å². The fourth-order valence-corrected chi connectivity index (χ4v) is 8.23. The zero-order valence-electron chi connectivity index (χ0n) is 26.5. The van der Waals surface area contributed by atoms with E-state index in [-0.39, 0.29) is 21.8 Å². The molecule has 0 spiro atoms. The number of aromatic amines is 1. The monoisotopic (exact) mass is 743 g/mol. The molecule has 4 rings (SSSR count). The molecule has 3 aromatic rings. The first-order valence-corrected chi connectivity index (χ1v) is 19.3. The minimum atomic E-state index is -4.71. The highest BCUT2D eigenvalue weighted by Gasteiger charge is 2.39. The topological polar surface area (TPSA) is 244 Å². The summed E-state index contributed by atoms with van der Waals surface area (Å²) in [5.74, 6) is -0.445. The second kappa shape index (κ2) is 16.1. The average Bonchev–Trinajstić information content (AvgIpc) is 3.47. The first-order chi connectivity index (χ1) is 23.2. The van der Waals surface area contributed by atoms with Crippen LogP contribution in [0.2, 0.25) is 0 Å². The van der Waals surface area contributed by atoms with E-state index in [1.165, 1.54) is 75.9 Å². The van der Waals surface area contributed by atoms with Crippen molar-refractivity contribution in [1.29, 1.82) is 0 Å². The van der Waals surface area contributed by atoms with Crippen LogP contribution >= 0.6 is 7.82 Å². The van der Waals surface area contributed by atoms with Gasteiger partial charge in [-0.1, -0.05) is 5.11 Å². The molecule has 1 aliphatic rings. The molecule has 1 N–H and O–H groups in total. The van der Waals surface area contributed by atoms with E-state index >= 15 is 0 Å². The lowest BCUT2D eigenvalue weighted by Gasteiger charge is -2.21. The van der Waals surface area contributed by atoms with E-state index in [9.17, 15) is 31.0 Å². The van der Waals surface area contributed by atoms with Crippen molar-refractivity contribution in [3.05, 3.63) is 91.6 Å². The number of aromatic nitrogens is 2. The Labute approximate surface area is 281 Å². The van der Waals surface area contributed by atoms with E-state index in [0.717, 1.165) is 4.57 Å². The number of methoxy groups -OCH3 is 2. The first-order valence-electron chi connectivity index (χ1n) is 14.5. The molecule has 0 aliphatic carbocycles. The minimum Gasteiger partial charge on any atom is -0.497 e. The summed E-state index contributed by atoms with van der Waals surface area (Å²) in [4.78, 5) is 29.1. The van der Waals surface area contributed by atoms with E-state index in [0.29, 0.717) is 11.5 Å². The van der Waals surface area contributed by atoms with Gasteiger partial charge in [0.15, 0.2) is 19.7 Å². The van der Waals surface area contributed by atoms with Crippen LogP contribution in [-0.4, -0.2) is 84.1 Å². The second-order valence-corrected chi connectivity index (χ2v) is 16.4. The van der Waals surface area contributed by atoms with Crippen LogP contribution in [-0.2, 0) is 42.5 Å². The molecule has 0 amide bonds. The maximum Gasteiger partial charge on any atom is 0.474 e. The van der Waals surface area contributed by atoms with Crippen molar-refractivity contribution in [3.63, 3.8) is 0 Å². The van der Waals surface area contributed by atoms with Crippen LogP contribution < -0.4 is 20.7 Å². The lowest BCUT2D eigenvalue weighted by atomic mass is 10.1. The number of phosphoric acid groups is 1. The molecule has 18 nitrogen and oxygen atoms in total. The third-order valence-corrected chi connectivity index (χ3v) is 12.1. The molecule has 0 saturated carbocycles. The summed E-state index contributed by atoms with van der Waals surface area (Å²) in [7, 11) is -9.76. The van der Waals surface area contributed by atoms with E-state index < -0.39 is 88.4 Å². The number of benzene rings is 2. The minimum absolute atomic E-state index is 0.0320. The summed E-state index contributed by atoms with van der Waals surface area (Å²) in [6.07, 6.45) is -0.897. The van der Waals surface area contributed by atoms with Crippen LogP contribution in [0.25, 0.3) is 10.4 Å². The van der Waals surface area contributed by atoms with Crippen molar-refractivity contribution in [2.45, 2.75) is 41.5 Å². The molecular formula is C28H34N5O13PS2. The summed E-state index contributed by atoms with van der Waals surface area (Å²) >= 11 is 0. The number of ether oxygens (including phenoxy) is 3. The number of nitrogens with one attached hydrogen (secondary N) is 1. The molecule has 3 atom stereocenters. The highest BCUT2D eigenvalue weighted by Crippen LogP contribution is 2.50. The quantitative estimate of drug-likeness (QED) is 0.0906. The third-order valence-electron chi connectivity index (χ3n) is 7.30. The van der Waals surface area contributed by atoms with Gasteiger partial charge >= 0.3 is 13.5 Å². The van der Waals surface area contributed by atoms with Crippen LogP contribution in [0.3, 0.4) is 0 Å². The Morgan fingerprint density at radius 1 is 0.918 bits per heavy atom. The average molecular weight is 744 g/mol. The van der Waals surface area contributed by atoms with Gasteiger partial charge in [-0.3, -0.25) is 27.9 Å². The highest BCUT2D eigenvalue weighted by atomic mass is 32.2. The van der Waals surface area contributed by atoms with Gasteiger partial charge < -0.3 is 14.2 Å². The number of sulfone groups is 2. The molecule has 49 heavy (non-hydrogen) atoms. The smallest absolute Gasteiger partial charge is 0.474 e. The van der Waals surface area contributed by atoms with Gasteiger partial charge in [-0.25, -0.2) is 26.2 Å². The molecule has 2 aromatic carbocycles. The number of rotatable bonds is 17. The number of azide groups is 1. The first kappa shape index (κ1) is 37.8. The van der Waals surface area contributed by atoms with Crippen LogP contribution in [0.5, 0.6) is 11.5 Å². The Hall–Kier alpha value is -4.00. The van der Waals surface area contributed by atoms with Gasteiger partial charge in [-0.05, 0) is 61.0 Å². The van der Waals surface area contributed by atoms with E-state index in [4.69, 9.17) is 33.3 Å². The van der Waals surface area contributed by atoms with Crippen molar-refractivity contribution in [3.8, 4) is 11.5 Å². The zero-order valence-corrected chi connectivity index (χ0v) is 29.1. The predicted octanol–water partition coefficient (Wildman–Crippen LogP) is 2.93. The molecule has 1 fully saturated rings. The van der Waals surface area contributed by atoms with Crippen molar-refractivity contribution in [2.75, 3.05) is 45.5 Å². The maximum atomic E-state index is 13.8. The normalized spacial score (nSPS) is 18.1. The van der Waals surface area contributed by atoms with E-state index in [2.05, 4.69) is 15.0 Å². The van der Waals surface area contributed by atoms with Gasteiger partial charge in [0.2, 0.25) is 0 Å². The van der Waals surface area contributed by atoms with Crippen molar-refractivity contribution >= 4 is 27.5 Å². The molecule has 0 unspecified atom stereocenters. The third kappa shape index (κ3) is 9.80. The zero-order chi connectivity index (χ0) is 35.8. The summed E-state index contributed by atoms with van der Waals surface area (Å²) in [6.45, 7) is -0.497. The highest BCUT2D eigenvalue weighted by molar-refractivity contribution is 7.91. The number of aryl methyl sites for hydroxylation is 1.